The van der Waals surface area contributed by atoms with Crippen LogP contribution in [0.4, 0.5) is 15.8 Å². The van der Waals surface area contributed by atoms with Crippen LogP contribution >= 0.6 is 11.8 Å². The molecular formula is C12H8FNS. The van der Waals surface area contributed by atoms with Crippen molar-refractivity contribution in [3.05, 3.63) is 48.3 Å². The lowest BCUT2D eigenvalue weighted by molar-refractivity contribution is 0.628. The van der Waals surface area contributed by atoms with Gasteiger partial charge in [0.05, 0.1) is 11.4 Å². The van der Waals surface area contributed by atoms with Crippen molar-refractivity contribution in [3.63, 3.8) is 0 Å². The molecule has 1 heterocycles. The predicted molar refractivity (Wildman–Crippen MR) is 60.2 cm³/mol. The van der Waals surface area contributed by atoms with Gasteiger partial charge in [-0.05, 0) is 24.3 Å². The fraction of sp³-hybridized carbons (Fsp3) is 0. The highest BCUT2D eigenvalue weighted by Crippen LogP contribution is 2.44. The molecule has 3 heteroatoms. The molecule has 1 aliphatic heterocycles. The number of nitrogens with one attached hydrogen (secondary N) is 1. The van der Waals surface area contributed by atoms with E-state index < -0.39 is 0 Å². The van der Waals surface area contributed by atoms with Crippen LogP contribution in [0, 0.1) is 5.82 Å². The Morgan fingerprint density at radius 1 is 0.933 bits per heavy atom. The number of anilines is 2. The third kappa shape index (κ3) is 1.39. The topological polar surface area (TPSA) is 12.0 Å². The highest BCUT2D eigenvalue weighted by atomic mass is 32.2. The normalized spacial score (nSPS) is 12.6. The summed E-state index contributed by atoms with van der Waals surface area (Å²) >= 11 is 1.59. The first-order chi connectivity index (χ1) is 7.34. The smallest absolute Gasteiger partial charge is 0.147 e. The van der Waals surface area contributed by atoms with Crippen LogP contribution in [0.15, 0.2) is 52.3 Å². The van der Waals surface area contributed by atoms with E-state index in [9.17, 15) is 4.39 Å². The maximum Gasteiger partial charge on any atom is 0.147 e. The Bertz CT molecular complexity index is 525. The second kappa shape index (κ2) is 3.28. The third-order valence-corrected chi connectivity index (χ3v) is 3.48. The summed E-state index contributed by atoms with van der Waals surface area (Å²) in [6, 6.07) is 13.0. The maximum atomic E-state index is 13.5. The third-order valence-electron chi connectivity index (χ3n) is 2.34. The van der Waals surface area contributed by atoms with Gasteiger partial charge in [0.2, 0.25) is 0 Å². The van der Waals surface area contributed by atoms with Crippen molar-refractivity contribution in [1.82, 2.24) is 0 Å². The van der Waals surface area contributed by atoms with Crippen LogP contribution in [0.25, 0.3) is 0 Å². The van der Waals surface area contributed by atoms with Gasteiger partial charge in [-0.1, -0.05) is 30.0 Å². The van der Waals surface area contributed by atoms with E-state index in [4.69, 9.17) is 0 Å². The summed E-state index contributed by atoms with van der Waals surface area (Å²) in [5, 5.41) is 3.11. The molecule has 1 nitrogen and oxygen atoms in total. The molecule has 0 saturated heterocycles. The highest BCUT2D eigenvalue weighted by molar-refractivity contribution is 7.99. The molecule has 3 rings (SSSR count). The number of rotatable bonds is 0. The van der Waals surface area contributed by atoms with E-state index in [0.717, 1.165) is 15.5 Å². The lowest BCUT2D eigenvalue weighted by atomic mass is 10.2. The van der Waals surface area contributed by atoms with E-state index in [2.05, 4.69) is 5.32 Å². The first kappa shape index (κ1) is 8.80. The molecule has 0 fully saturated rings. The lowest BCUT2D eigenvalue weighted by Crippen LogP contribution is -2.01. The van der Waals surface area contributed by atoms with E-state index in [1.165, 1.54) is 6.07 Å². The Balaban J connectivity index is 2.15. The van der Waals surface area contributed by atoms with E-state index in [1.807, 2.05) is 30.3 Å². The number of benzene rings is 2. The molecule has 0 bridgehead atoms. The summed E-state index contributed by atoms with van der Waals surface area (Å²) in [7, 11) is 0. The molecule has 0 amide bonds. The van der Waals surface area contributed by atoms with Crippen LogP contribution in [0.1, 0.15) is 0 Å². The lowest BCUT2D eigenvalue weighted by Gasteiger charge is -2.20. The molecule has 2 aromatic rings. The molecule has 1 N–H and O–H groups in total. The number of hydrogen-bond acceptors (Lipinski definition) is 2. The van der Waals surface area contributed by atoms with Crippen molar-refractivity contribution in [2.45, 2.75) is 9.79 Å². The van der Waals surface area contributed by atoms with Gasteiger partial charge in [-0.3, -0.25) is 0 Å². The zero-order valence-electron chi connectivity index (χ0n) is 7.83. The molecule has 2 aromatic carbocycles. The highest BCUT2D eigenvalue weighted by Gasteiger charge is 2.17. The van der Waals surface area contributed by atoms with Crippen LogP contribution in [0.5, 0.6) is 0 Å². The fourth-order valence-electron chi connectivity index (χ4n) is 1.62. The molecule has 0 aliphatic carbocycles. The Kier molecular flexibility index (Phi) is 1.92. The van der Waals surface area contributed by atoms with Gasteiger partial charge in [0.25, 0.3) is 0 Å². The molecule has 0 aromatic heterocycles. The Hall–Kier alpha value is -1.48. The van der Waals surface area contributed by atoms with Crippen molar-refractivity contribution in [2.24, 2.45) is 0 Å². The largest absolute Gasteiger partial charge is 0.351 e. The number of fused-ring (bicyclic) bond motifs is 2. The van der Waals surface area contributed by atoms with E-state index in [0.29, 0.717) is 5.69 Å². The van der Waals surface area contributed by atoms with Gasteiger partial charge < -0.3 is 5.32 Å². The average Bonchev–Trinajstić information content (AvgIpc) is 2.27. The molecular weight excluding hydrogens is 209 g/mol. The Morgan fingerprint density at radius 2 is 1.73 bits per heavy atom. The van der Waals surface area contributed by atoms with E-state index >= 15 is 0 Å². The summed E-state index contributed by atoms with van der Waals surface area (Å²) in [4.78, 5) is 2.07. The number of hydrogen-bond donors (Lipinski definition) is 1. The molecule has 0 radical (unpaired) electrons. The van der Waals surface area contributed by atoms with Gasteiger partial charge in [0.15, 0.2) is 0 Å². The van der Waals surface area contributed by atoms with Crippen molar-refractivity contribution in [3.8, 4) is 0 Å². The molecule has 0 saturated carbocycles. The van der Waals surface area contributed by atoms with Crippen LogP contribution in [-0.2, 0) is 0 Å². The fourth-order valence-corrected chi connectivity index (χ4v) is 2.63. The SMILES string of the molecule is Fc1cccc2c1Nc1ccccc1S2. The van der Waals surface area contributed by atoms with Gasteiger partial charge in [-0.25, -0.2) is 4.39 Å². The van der Waals surface area contributed by atoms with Crippen molar-refractivity contribution < 1.29 is 4.39 Å². The van der Waals surface area contributed by atoms with E-state index in [1.54, 1.807) is 17.8 Å². The number of para-hydroxylation sites is 2. The minimum absolute atomic E-state index is 0.200. The summed E-state index contributed by atoms with van der Waals surface area (Å²) in [5.74, 6) is -0.200. The molecule has 0 unspecified atom stereocenters. The molecule has 15 heavy (non-hydrogen) atoms. The Labute approximate surface area is 91.3 Å². The van der Waals surface area contributed by atoms with Gasteiger partial charge in [0.1, 0.15) is 5.82 Å². The zero-order valence-corrected chi connectivity index (χ0v) is 8.64. The van der Waals surface area contributed by atoms with Crippen molar-refractivity contribution in [2.75, 3.05) is 5.32 Å². The number of halogens is 1. The molecule has 1 aliphatic rings. The van der Waals surface area contributed by atoms with Crippen LogP contribution < -0.4 is 5.32 Å². The maximum absolute atomic E-state index is 13.5. The first-order valence-corrected chi connectivity index (χ1v) is 5.49. The minimum Gasteiger partial charge on any atom is -0.351 e. The van der Waals surface area contributed by atoms with Crippen LogP contribution in [0.2, 0.25) is 0 Å². The predicted octanol–water partition coefficient (Wildman–Crippen LogP) is 4.03. The van der Waals surface area contributed by atoms with Gasteiger partial charge in [-0.15, -0.1) is 0 Å². The van der Waals surface area contributed by atoms with Crippen molar-refractivity contribution in [1.29, 1.82) is 0 Å². The quantitative estimate of drug-likeness (QED) is 0.610. The summed E-state index contributed by atoms with van der Waals surface area (Å²) in [6.07, 6.45) is 0. The molecule has 0 spiro atoms. The van der Waals surface area contributed by atoms with Crippen LogP contribution in [0.3, 0.4) is 0 Å². The standard InChI is InChI=1S/C12H8FNS/c13-8-4-3-7-11-12(8)14-9-5-1-2-6-10(9)15-11/h1-7,14H. The summed E-state index contributed by atoms with van der Waals surface area (Å²) in [6.45, 7) is 0. The molecule has 0 atom stereocenters. The Morgan fingerprint density at radius 3 is 2.67 bits per heavy atom. The summed E-state index contributed by atoms with van der Waals surface area (Å²) in [5.41, 5.74) is 1.56. The summed E-state index contributed by atoms with van der Waals surface area (Å²) < 4.78 is 13.5. The van der Waals surface area contributed by atoms with Gasteiger partial charge >= 0.3 is 0 Å². The van der Waals surface area contributed by atoms with Gasteiger partial charge in [-0.2, -0.15) is 0 Å². The first-order valence-electron chi connectivity index (χ1n) is 4.67. The van der Waals surface area contributed by atoms with Gasteiger partial charge in [0, 0.05) is 9.79 Å². The van der Waals surface area contributed by atoms with E-state index in [-0.39, 0.29) is 5.82 Å². The second-order valence-corrected chi connectivity index (χ2v) is 4.42. The zero-order chi connectivity index (χ0) is 10.3. The minimum atomic E-state index is -0.200. The van der Waals surface area contributed by atoms with Crippen LogP contribution in [-0.4, -0.2) is 0 Å². The monoisotopic (exact) mass is 217 g/mol. The second-order valence-electron chi connectivity index (χ2n) is 3.34. The average molecular weight is 217 g/mol. The van der Waals surface area contributed by atoms with Crippen molar-refractivity contribution >= 4 is 23.1 Å². The molecule has 74 valence electrons.